The van der Waals surface area contributed by atoms with Crippen LogP contribution >= 0.6 is 0 Å². The predicted octanol–water partition coefficient (Wildman–Crippen LogP) is 1.84. The van der Waals surface area contributed by atoms with Gasteiger partial charge in [-0.05, 0) is 23.1 Å². The lowest BCUT2D eigenvalue weighted by Crippen LogP contribution is -2.33. The molecule has 1 unspecified atom stereocenters. The van der Waals surface area contributed by atoms with Crippen LogP contribution in [0.15, 0.2) is 24.3 Å². The van der Waals surface area contributed by atoms with Crippen molar-refractivity contribution in [2.24, 2.45) is 5.73 Å². The van der Waals surface area contributed by atoms with Crippen LogP contribution in [0.1, 0.15) is 26.3 Å². The van der Waals surface area contributed by atoms with Gasteiger partial charge in [-0.2, -0.15) is 0 Å². The van der Waals surface area contributed by atoms with E-state index < -0.39 is 0 Å². The van der Waals surface area contributed by atoms with Gasteiger partial charge in [0.05, 0.1) is 6.04 Å². The number of nitrogens with one attached hydrogen (secondary N) is 1. The van der Waals surface area contributed by atoms with Crippen LogP contribution in [0.5, 0.6) is 0 Å². The second kappa shape index (κ2) is 4.61. The Labute approximate surface area is 108 Å². The van der Waals surface area contributed by atoms with Crippen LogP contribution < -0.4 is 16.0 Å². The third kappa shape index (κ3) is 2.48. The molecule has 0 saturated carbocycles. The minimum Gasteiger partial charge on any atom is -0.332 e. The van der Waals surface area contributed by atoms with Crippen LogP contribution in [0.3, 0.4) is 0 Å². The maximum absolute atomic E-state index is 11.8. The number of carbonyl (C=O) groups is 1. The first kappa shape index (κ1) is 12.9. The number of benzene rings is 1. The van der Waals surface area contributed by atoms with Crippen molar-refractivity contribution in [2.75, 3.05) is 18.0 Å². The molecular formula is C14H21N3O. The normalized spacial score (nSPS) is 20.1. The third-order valence-electron chi connectivity index (χ3n) is 3.31. The van der Waals surface area contributed by atoms with E-state index in [1.54, 1.807) is 4.90 Å². The fraction of sp³-hybridized carbons (Fsp3) is 0.500. The van der Waals surface area contributed by atoms with Gasteiger partial charge < -0.3 is 11.1 Å². The maximum Gasteiger partial charge on any atom is 0.322 e. The summed E-state index contributed by atoms with van der Waals surface area (Å²) in [5, 5.41) is 2.86. The largest absolute Gasteiger partial charge is 0.332 e. The van der Waals surface area contributed by atoms with Gasteiger partial charge in [0.25, 0.3) is 0 Å². The lowest BCUT2D eigenvalue weighted by molar-refractivity contribution is 0.251. The fourth-order valence-corrected chi connectivity index (χ4v) is 2.10. The van der Waals surface area contributed by atoms with Gasteiger partial charge in [-0.3, -0.25) is 4.90 Å². The summed E-state index contributed by atoms with van der Waals surface area (Å²) in [6.07, 6.45) is 0. The van der Waals surface area contributed by atoms with Crippen LogP contribution in [0.4, 0.5) is 10.5 Å². The molecule has 1 heterocycles. The molecule has 1 aliphatic rings. The Kier molecular flexibility index (Phi) is 3.30. The number of nitrogens with two attached hydrogens (primary N) is 1. The minimum absolute atomic E-state index is 0.0554. The molecule has 1 atom stereocenters. The highest BCUT2D eigenvalue weighted by atomic mass is 16.2. The summed E-state index contributed by atoms with van der Waals surface area (Å²) in [7, 11) is 0. The van der Waals surface area contributed by atoms with Crippen molar-refractivity contribution in [2.45, 2.75) is 32.2 Å². The van der Waals surface area contributed by atoms with E-state index in [0.29, 0.717) is 13.1 Å². The summed E-state index contributed by atoms with van der Waals surface area (Å²) in [4.78, 5) is 13.5. The maximum atomic E-state index is 11.8. The van der Waals surface area contributed by atoms with Crippen LogP contribution in [0, 0.1) is 0 Å². The fourth-order valence-electron chi connectivity index (χ4n) is 2.10. The molecule has 0 aromatic heterocycles. The molecule has 18 heavy (non-hydrogen) atoms. The van der Waals surface area contributed by atoms with E-state index in [4.69, 9.17) is 5.73 Å². The van der Waals surface area contributed by atoms with Crippen molar-refractivity contribution in [3.8, 4) is 0 Å². The van der Waals surface area contributed by atoms with Gasteiger partial charge in [0, 0.05) is 18.8 Å². The number of nitrogens with zero attached hydrogens (tertiary/aromatic N) is 1. The average Bonchev–Trinajstić information content (AvgIpc) is 2.70. The molecule has 0 aliphatic carbocycles. The number of rotatable bonds is 2. The van der Waals surface area contributed by atoms with Crippen molar-refractivity contribution in [3.05, 3.63) is 29.8 Å². The molecule has 2 rings (SSSR count). The number of hydrogen-bond acceptors (Lipinski definition) is 2. The summed E-state index contributed by atoms with van der Waals surface area (Å²) < 4.78 is 0. The van der Waals surface area contributed by atoms with Crippen molar-refractivity contribution >= 4 is 11.7 Å². The Bertz CT molecular complexity index is 433. The standard InChI is InChI=1S/C14H21N3O/c1-14(2,3)10-4-6-12(7-5-10)17-9-11(8-15)16-13(17)18/h4-7,11H,8-9,15H2,1-3H3,(H,16,18). The number of amides is 2. The van der Waals surface area contributed by atoms with Gasteiger partial charge in [-0.25, -0.2) is 4.79 Å². The molecule has 3 N–H and O–H groups in total. The Morgan fingerprint density at radius 3 is 2.39 bits per heavy atom. The molecule has 1 aromatic carbocycles. The second-order valence-electron chi connectivity index (χ2n) is 5.79. The van der Waals surface area contributed by atoms with E-state index in [1.165, 1.54) is 5.56 Å². The van der Waals surface area contributed by atoms with Gasteiger partial charge in [-0.15, -0.1) is 0 Å². The van der Waals surface area contributed by atoms with Crippen LogP contribution in [0.25, 0.3) is 0 Å². The van der Waals surface area contributed by atoms with Crippen molar-refractivity contribution < 1.29 is 4.79 Å². The lowest BCUT2D eigenvalue weighted by Gasteiger charge is -2.21. The highest BCUT2D eigenvalue weighted by Crippen LogP contribution is 2.25. The molecular weight excluding hydrogens is 226 g/mol. The third-order valence-corrected chi connectivity index (χ3v) is 3.31. The average molecular weight is 247 g/mol. The monoisotopic (exact) mass is 247 g/mol. The molecule has 2 amide bonds. The van der Waals surface area contributed by atoms with Gasteiger partial charge in [0.15, 0.2) is 0 Å². The van der Waals surface area contributed by atoms with Crippen molar-refractivity contribution in [1.82, 2.24) is 5.32 Å². The zero-order chi connectivity index (χ0) is 13.3. The number of urea groups is 1. The zero-order valence-electron chi connectivity index (χ0n) is 11.2. The van der Waals surface area contributed by atoms with Crippen molar-refractivity contribution in [3.63, 3.8) is 0 Å². The molecule has 1 aliphatic heterocycles. The van der Waals surface area contributed by atoms with E-state index in [1.807, 2.05) is 12.1 Å². The quantitative estimate of drug-likeness (QED) is 0.837. The summed E-state index contributed by atoms with van der Waals surface area (Å²) in [5.74, 6) is 0. The first-order valence-corrected chi connectivity index (χ1v) is 6.30. The smallest absolute Gasteiger partial charge is 0.322 e. The van der Waals surface area contributed by atoms with Crippen LogP contribution in [0.2, 0.25) is 0 Å². The van der Waals surface area contributed by atoms with E-state index in [0.717, 1.165) is 5.69 Å². The first-order chi connectivity index (χ1) is 8.41. The second-order valence-corrected chi connectivity index (χ2v) is 5.79. The van der Waals surface area contributed by atoms with Gasteiger partial charge >= 0.3 is 6.03 Å². The molecule has 0 bridgehead atoms. The molecule has 0 radical (unpaired) electrons. The molecule has 0 spiro atoms. The van der Waals surface area contributed by atoms with Gasteiger partial charge in [0.2, 0.25) is 0 Å². The summed E-state index contributed by atoms with van der Waals surface area (Å²) in [6, 6.07) is 8.16. The molecule has 4 nitrogen and oxygen atoms in total. The van der Waals surface area contributed by atoms with E-state index in [2.05, 4.69) is 38.2 Å². The number of anilines is 1. The summed E-state index contributed by atoms with van der Waals surface area (Å²) in [5.41, 5.74) is 7.90. The van der Waals surface area contributed by atoms with E-state index in [-0.39, 0.29) is 17.5 Å². The molecule has 1 saturated heterocycles. The highest BCUT2D eigenvalue weighted by molar-refractivity contribution is 5.94. The Hall–Kier alpha value is -1.55. The number of hydrogen-bond donors (Lipinski definition) is 2. The van der Waals surface area contributed by atoms with Gasteiger partial charge in [0.1, 0.15) is 0 Å². The van der Waals surface area contributed by atoms with Crippen LogP contribution in [-0.4, -0.2) is 25.2 Å². The summed E-state index contributed by atoms with van der Waals surface area (Å²) >= 11 is 0. The van der Waals surface area contributed by atoms with E-state index in [9.17, 15) is 4.79 Å². The molecule has 1 fully saturated rings. The van der Waals surface area contributed by atoms with Gasteiger partial charge in [-0.1, -0.05) is 32.9 Å². The Morgan fingerprint density at radius 2 is 1.94 bits per heavy atom. The number of carbonyl (C=O) groups excluding carboxylic acids is 1. The predicted molar refractivity (Wildman–Crippen MR) is 73.9 cm³/mol. The SMILES string of the molecule is CC(C)(C)c1ccc(N2CC(CN)NC2=O)cc1. The first-order valence-electron chi connectivity index (χ1n) is 6.30. The Morgan fingerprint density at radius 1 is 1.33 bits per heavy atom. The van der Waals surface area contributed by atoms with Crippen LogP contribution in [-0.2, 0) is 5.41 Å². The zero-order valence-corrected chi connectivity index (χ0v) is 11.2. The summed E-state index contributed by atoms with van der Waals surface area (Å²) in [6.45, 7) is 7.64. The van der Waals surface area contributed by atoms with Crippen molar-refractivity contribution in [1.29, 1.82) is 0 Å². The molecule has 98 valence electrons. The highest BCUT2D eigenvalue weighted by Gasteiger charge is 2.28. The topological polar surface area (TPSA) is 58.4 Å². The Balaban J connectivity index is 2.18. The molecule has 1 aromatic rings. The van der Waals surface area contributed by atoms with E-state index >= 15 is 0 Å². The molecule has 4 heteroatoms. The minimum atomic E-state index is -0.0611. The lowest BCUT2D eigenvalue weighted by atomic mass is 9.87.